The molecule has 0 fully saturated rings. The van der Waals surface area contributed by atoms with Crippen molar-refractivity contribution in [2.45, 2.75) is 20.3 Å². The first-order valence-electron chi connectivity index (χ1n) is 7.91. The van der Waals surface area contributed by atoms with Crippen molar-refractivity contribution in [2.75, 3.05) is 45.7 Å². The van der Waals surface area contributed by atoms with Gasteiger partial charge in [-0.3, -0.25) is 14.5 Å². The van der Waals surface area contributed by atoms with Gasteiger partial charge in [-0.2, -0.15) is 0 Å². The first-order chi connectivity index (χ1) is 11.0. The van der Waals surface area contributed by atoms with Gasteiger partial charge in [0.2, 0.25) is 11.8 Å². The number of para-hydroxylation sites is 2. The summed E-state index contributed by atoms with van der Waals surface area (Å²) >= 11 is 0. The molecule has 0 saturated heterocycles. The molecule has 0 aliphatic rings. The fourth-order valence-corrected chi connectivity index (χ4v) is 2.24. The van der Waals surface area contributed by atoms with E-state index in [0.717, 1.165) is 0 Å². The van der Waals surface area contributed by atoms with Gasteiger partial charge in [-0.1, -0.05) is 12.1 Å². The average Bonchev–Trinajstić information content (AvgIpc) is 2.54. The van der Waals surface area contributed by atoms with Gasteiger partial charge >= 0.3 is 0 Å². The van der Waals surface area contributed by atoms with E-state index < -0.39 is 0 Å². The fraction of sp³-hybridized carbons (Fsp3) is 0.529. The van der Waals surface area contributed by atoms with Gasteiger partial charge in [0, 0.05) is 26.1 Å². The molecule has 0 radical (unpaired) electrons. The summed E-state index contributed by atoms with van der Waals surface area (Å²) < 4.78 is 5.20. The van der Waals surface area contributed by atoms with E-state index in [0.29, 0.717) is 44.0 Å². The Balaban J connectivity index is 2.42. The predicted molar refractivity (Wildman–Crippen MR) is 91.7 cm³/mol. The van der Waals surface area contributed by atoms with Crippen LogP contribution in [-0.4, -0.2) is 62.0 Å². The summed E-state index contributed by atoms with van der Waals surface area (Å²) in [5, 5.41) is 2.83. The van der Waals surface area contributed by atoms with Crippen LogP contribution in [0.1, 0.15) is 20.3 Å². The van der Waals surface area contributed by atoms with E-state index >= 15 is 0 Å². The Morgan fingerprint density at radius 2 is 1.83 bits per heavy atom. The molecular weight excluding hydrogens is 294 g/mol. The van der Waals surface area contributed by atoms with E-state index in [4.69, 9.17) is 4.74 Å². The van der Waals surface area contributed by atoms with E-state index in [1.54, 1.807) is 24.1 Å². The van der Waals surface area contributed by atoms with Crippen LogP contribution in [0.3, 0.4) is 0 Å². The van der Waals surface area contributed by atoms with Crippen LogP contribution in [0, 0.1) is 0 Å². The molecule has 0 atom stereocenters. The third-order valence-corrected chi connectivity index (χ3v) is 3.62. The molecule has 0 bridgehead atoms. The SMILES string of the molecule is CCN(CC)C(=O)CN(C)CCC(=O)Nc1ccccc1OC. The number of methoxy groups -OCH3 is 1. The van der Waals surface area contributed by atoms with Gasteiger partial charge in [0.25, 0.3) is 0 Å². The van der Waals surface area contributed by atoms with Crippen LogP contribution < -0.4 is 10.1 Å². The molecule has 0 aliphatic heterocycles. The minimum Gasteiger partial charge on any atom is -0.495 e. The number of carbonyl (C=O) groups excluding carboxylic acids is 2. The van der Waals surface area contributed by atoms with Crippen molar-refractivity contribution in [2.24, 2.45) is 0 Å². The molecule has 6 heteroatoms. The molecule has 0 heterocycles. The molecule has 6 nitrogen and oxygen atoms in total. The molecule has 128 valence electrons. The Morgan fingerprint density at radius 1 is 1.17 bits per heavy atom. The zero-order valence-electron chi connectivity index (χ0n) is 14.5. The predicted octanol–water partition coefficient (Wildman–Crippen LogP) is 1.82. The number of hydrogen-bond donors (Lipinski definition) is 1. The number of ether oxygens (including phenoxy) is 1. The molecule has 1 rings (SSSR count). The average molecular weight is 321 g/mol. The number of carbonyl (C=O) groups is 2. The van der Waals surface area contributed by atoms with Crippen LogP contribution in [0.15, 0.2) is 24.3 Å². The van der Waals surface area contributed by atoms with Crippen molar-refractivity contribution >= 4 is 17.5 Å². The fourth-order valence-electron chi connectivity index (χ4n) is 2.24. The van der Waals surface area contributed by atoms with Crippen molar-refractivity contribution in [3.05, 3.63) is 24.3 Å². The second kappa shape index (κ2) is 9.84. The smallest absolute Gasteiger partial charge is 0.236 e. The van der Waals surface area contributed by atoms with Crippen molar-refractivity contribution in [1.29, 1.82) is 0 Å². The summed E-state index contributed by atoms with van der Waals surface area (Å²) in [6.07, 6.45) is 0.320. The number of rotatable bonds is 9. The Bertz CT molecular complexity index is 516. The number of anilines is 1. The normalized spacial score (nSPS) is 10.5. The molecule has 0 unspecified atom stereocenters. The Labute approximate surface area is 138 Å². The van der Waals surface area contributed by atoms with Crippen LogP contribution in [0.25, 0.3) is 0 Å². The van der Waals surface area contributed by atoms with Gasteiger partial charge in [-0.25, -0.2) is 0 Å². The number of nitrogens with zero attached hydrogens (tertiary/aromatic N) is 2. The third kappa shape index (κ3) is 6.28. The van der Waals surface area contributed by atoms with E-state index in [2.05, 4.69) is 5.32 Å². The minimum atomic E-state index is -0.100. The van der Waals surface area contributed by atoms with E-state index in [9.17, 15) is 9.59 Å². The summed E-state index contributed by atoms with van der Waals surface area (Å²) in [4.78, 5) is 27.7. The number of nitrogens with one attached hydrogen (secondary N) is 1. The summed E-state index contributed by atoms with van der Waals surface area (Å²) in [6, 6.07) is 7.28. The maximum absolute atomic E-state index is 12.0. The summed E-state index contributed by atoms with van der Waals surface area (Å²) in [5.41, 5.74) is 0.655. The molecule has 1 N–H and O–H groups in total. The number of likely N-dealkylation sites (N-methyl/N-ethyl adjacent to an activating group) is 2. The molecule has 1 aromatic rings. The number of hydrogen-bond acceptors (Lipinski definition) is 4. The minimum absolute atomic E-state index is 0.0858. The first-order valence-corrected chi connectivity index (χ1v) is 7.91. The number of amides is 2. The molecule has 0 aromatic heterocycles. The Hall–Kier alpha value is -2.08. The molecule has 0 aliphatic carbocycles. The summed E-state index contributed by atoms with van der Waals surface area (Å²) in [7, 11) is 3.41. The number of benzene rings is 1. The molecular formula is C17H27N3O3. The standard InChI is InChI=1S/C17H27N3O3/c1-5-20(6-2)17(22)13-19(3)12-11-16(21)18-14-9-7-8-10-15(14)23-4/h7-10H,5-6,11-13H2,1-4H3,(H,18,21). The third-order valence-electron chi connectivity index (χ3n) is 3.62. The quantitative estimate of drug-likeness (QED) is 0.754. The highest BCUT2D eigenvalue weighted by Gasteiger charge is 2.13. The summed E-state index contributed by atoms with van der Waals surface area (Å²) in [5.74, 6) is 0.616. The van der Waals surface area contributed by atoms with E-state index in [1.807, 2.05) is 37.9 Å². The lowest BCUT2D eigenvalue weighted by molar-refractivity contribution is -0.132. The van der Waals surface area contributed by atoms with Crippen molar-refractivity contribution < 1.29 is 14.3 Å². The second-order valence-corrected chi connectivity index (χ2v) is 5.30. The van der Waals surface area contributed by atoms with Gasteiger partial charge in [-0.05, 0) is 33.0 Å². The molecule has 1 aromatic carbocycles. The van der Waals surface area contributed by atoms with E-state index in [1.165, 1.54) is 0 Å². The van der Waals surface area contributed by atoms with Gasteiger partial charge in [-0.15, -0.1) is 0 Å². The van der Waals surface area contributed by atoms with Crippen molar-refractivity contribution in [3.8, 4) is 5.75 Å². The highest BCUT2D eigenvalue weighted by molar-refractivity contribution is 5.92. The second-order valence-electron chi connectivity index (χ2n) is 5.30. The largest absolute Gasteiger partial charge is 0.495 e. The maximum Gasteiger partial charge on any atom is 0.236 e. The lowest BCUT2D eigenvalue weighted by Gasteiger charge is -2.22. The highest BCUT2D eigenvalue weighted by Crippen LogP contribution is 2.22. The lowest BCUT2D eigenvalue weighted by Crippen LogP contribution is -2.39. The van der Waals surface area contributed by atoms with Gasteiger partial charge < -0.3 is 15.0 Å². The molecule has 23 heavy (non-hydrogen) atoms. The van der Waals surface area contributed by atoms with Crippen molar-refractivity contribution in [3.63, 3.8) is 0 Å². The van der Waals surface area contributed by atoms with E-state index in [-0.39, 0.29) is 11.8 Å². The molecule has 0 saturated carbocycles. The monoisotopic (exact) mass is 321 g/mol. The van der Waals surface area contributed by atoms with Crippen LogP contribution in [0.2, 0.25) is 0 Å². The zero-order valence-corrected chi connectivity index (χ0v) is 14.5. The Morgan fingerprint density at radius 3 is 2.43 bits per heavy atom. The van der Waals surface area contributed by atoms with Gasteiger partial charge in [0.15, 0.2) is 0 Å². The molecule has 2 amide bonds. The molecule has 0 spiro atoms. The zero-order chi connectivity index (χ0) is 17.2. The van der Waals surface area contributed by atoms with Crippen LogP contribution >= 0.6 is 0 Å². The van der Waals surface area contributed by atoms with Gasteiger partial charge in [0.1, 0.15) is 5.75 Å². The van der Waals surface area contributed by atoms with Gasteiger partial charge in [0.05, 0.1) is 19.3 Å². The Kier molecular flexibility index (Phi) is 8.11. The first kappa shape index (κ1) is 19.0. The highest BCUT2D eigenvalue weighted by atomic mass is 16.5. The van der Waals surface area contributed by atoms with Crippen LogP contribution in [0.5, 0.6) is 5.75 Å². The maximum atomic E-state index is 12.0. The van der Waals surface area contributed by atoms with Crippen LogP contribution in [-0.2, 0) is 9.59 Å². The lowest BCUT2D eigenvalue weighted by atomic mass is 10.2. The summed E-state index contributed by atoms with van der Waals surface area (Å²) in [6.45, 7) is 6.18. The topological polar surface area (TPSA) is 61.9 Å². The van der Waals surface area contributed by atoms with Crippen LogP contribution in [0.4, 0.5) is 5.69 Å². The van der Waals surface area contributed by atoms with Crippen molar-refractivity contribution in [1.82, 2.24) is 9.80 Å².